The highest BCUT2D eigenvalue weighted by Gasteiger charge is 2.45. The third-order valence-corrected chi connectivity index (χ3v) is 5.10. The number of carbonyl (C=O) groups is 1. The van der Waals surface area contributed by atoms with Gasteiger partial charge in [0.1, 0.15) is 0 Å². The molecular weight excluding hydrogens is 278 g/mol. The number of esters is 1. The van der Waals surface area contributed by atoms with E-state index in [2.05, 4.69) is 4.98 Å². The van der Waals surface area contributed by atoms with Crippen molar-refractivity contribution in [3.63, 3.8) is 0 Å². The van der Waals surface area contributed by atoms with Gasteiger partial charge in [-0.2, -0.15) is 0 Å². The molecule has 0 bridgehead atoms. The van der Waals surface area contributed by atoms with Gasteiger partial charge in [-0.15, -0.1) is 0 Å². The number of aromatic nitrogens is 1. The summed E-state index contributed by atoms with van der Waals surface area (Å²) in [5, 5.41) is 0. The normalized spacial score (nSPS) is 17.3. The number of hydrogen-bond acceptors (Lipinski definition) is 5. The Morgan fingerprint density at radius 1 is 1.45 bits per heavy atom. The van der Waals surface area contributed by atoms with E-state index >= 15 is 0 Å². The predicted octanol–water partition coefficient (Wildman–Crippen LogP) is 1.68. The van der Waals surface area contributed by atoms with Crippen LogP contribution >= 0.6 is 0 Å². The second kappa shape index (κ2) is 6.35. The Morgan fingerprint density at radius 3 is 2.80 bits per heavy atom. The van der Waals surface area contributed by atoms with Crippen LogP contribution in [0, 0.1) is 5.41 Å². The monoisotopic (exact) mass is 297 g/mol. The first-order valence-electron chi connectivity index (χ1n) is 6.48. The summed E-state index contributed by atoms with van der Waals surface area (Å²) in [6.45, 7) is 0. The average Bonchev–Trinajstić information content (AvgIpc) is 3.18. The maximum Gasteiger partial charge on any atom is 0.306 e. The molecule has 0 saturated heterocycles. The predicted molar refractivity (Wildman–Crippen MR) is 75.8 cm³/mol. The third kappa shape index (κ3) is 3.79. The standard InChI is InChI=1S/C14H19NO4S/c1-18-12(16)8-14(5-6-14)10-20(17)9-11-4-3-7-15-13(11)19-2/h3-4,7H,5-6,8-10H2,1-2H3. The molecule has 5 nitrogen and oxygen atoms in total. The van der Waals surface area contributed by atoms with E-state index in [1.807, 2.05) is 6.07 Å². The van der Waals surface area contributed by atoms with E-state index in [1.165, 1.54) is 7.11 Å². The summed E-state index contributed by atoms with van der Waals surface area (Å²) in [5.41, 5.74) is 0.718. The fraction of sp³-hybridized carbons (Fsp3) is 0.571. The summed E-state index contributed by atoms with van der Waals surface area (Å²) in [6.07, 6.45) is 3.89. The van der Waals surface area contributed by atoms with Crippen LogP contribution in [0.25, 0.3) is 0 Å². The molecule has 20 heavy (non-hydrogen) atoms. The van der Waals surface area contributed by atoms with Gasteiger partial charge in [-0.05, 0) is 24.3 Å². The zero-order chi connectivity index (χ0) is 14.6. The van der Waals surface area contributed by atoms with Crippen molar-refractivity contribution < 1.29 is 18.5 Å². The largest absolute Gasteiger partial charge is 0.481 e. The lowest BCUT2D eigenvalue weighted by Gasteiger charge is -2.13. The van der Waals surface area contributed by atoms with E-state index in [0.29, 0.717) is 23.8 Å². The highest BCUT2D eigenvalue weighted by atomic mass is 32.2. The fourth-order valence-corrected chi connectivity index (χ4v) is 3.95. The molecule has 2 rings (SSSR count). The Balaban J connectivity index is 1.94. The quantitative estimate of drug-likeness (QED) is 0.716. The van der Waals surface area contributed by atoms with Gasteiger partial charge in [0.25, 0.3) is 0 Å². The number of carbonyl (C=O) groups excluding carboxylic acids is 1. The van der Waals surface area contributed by atoms with Crippen LogP contribution in [0.1, 0.15) is 24.8 Å². The topological polar surface area (TPSA) is 65.5 Å². The maximum absolute atomic E-state index is 12.3. The minimum absolute atomic E-state index is 0.118. The van der Waals surface area contributed by atoms with E-state index in [4.69, 9.17) is 9.47 Å². The summed E-state index contributed by atoms with van der Waals surface area (Å²) < 4.78 is 22.1. The third-order valence-electron chi connectivity index (χ3n) is 3.53. The molecular formula is C14H19NO4S. The molecule has 0 amide bonds. The van der Waals surface area contributed by atoms with Gasteiger partial charge < -0.3 is 9.47 Å². The van der Waals surface area contributed by atoms with Crippen molar-refractivity contribution in [2.24, 2.45) is 5.41 Å². The lowest BCUT2D eigenvalue weighted by molar-refractivity contribution is -0.141. The van der Waals surface area contributed by atoms with E-state index in [-0.39, 0.29) is 11.4 Å². The fourth-order valence-electron chi connectivity index (χ4n) is 2.21. The Labute approximate surface area is 121 Å². The van der Waals surface area contributed by atoms with Gasteiger partial charge in [-0.25, -0.2) is 4.98 Å². The Hall–Kier alpha value is -1.43. The molecule has 1 atom stereocenters. The molecule has 6 heteroatoms. The van der Waals surface area contributed by atoms with Crippen molar-refractivity contribution in [2.45, 2.75) is 25.0 Å². The van der Waals surface area contributed by atoms with Crippen molar-refractivity contribution in [1.82, 2.24) is 4.98 Å². The van der Waals surface area contributed by atoms with Crippen molar-refractivity contribution in [2.75, 3.05) is 20.0 Å². The molecule has 0 aliphatic heterocycles. The molecule has 1 saturated carbocycles. The minimum atomic E-state index is -1.04. The number of nitrogens with zero attached hydrogens (tertiary/aromatic N) is 1. The number of ether oxygens (including phenoxy) is 2. The molecule has 0 radical (unpaired) electrons. The molecule has 1 aliphatic carbocycles. The van der Waals surface area contributed by atoms with E-state index in [9.17, 15) is 9.00 Å². The molecule has 0 aromatic carbocycles. The van der Waals surface area contributed by atoms with Gasteiger partial charge in [-0.3, -0.25) is 9.00 Å². The first-order valence-corrected chi connectivity index (χ1v) is 7.97. The van der Waals surface area contributed by atoms with Crippen molar-refractivity contribution in [3.8, 4) is 5.88 Å². The molecule has 1 unspecified atom stereocenters. The van der Waals surface area contributed by atoms with Crippen LogP contribution in [0.4, 0.5) is 0 Å². The summed E-state index contributed by atoms with van der Waals surface area (Å²) >= 11 is 0. The van der Waals surface area contributed by atoms with E-state index in [1.54, 1.807) is 19.4 Å². The molecule has 1 heterocycles. The summed E-state index contributed by atoms with van der Waals surface area (Å²) in [5.74, 6) is 1.22. The van der Waals surface area contributed by atoms with Crippen LogP contribution in [0.3, 0.4) is 0 Å². The number of methoxy groups -OCH3 is 2. The molecule has 110 valence electrons. The number of rotatable bonds is 7. The van der Waals surface area contributed by atoms with Crippen LogP contribution in [-0.4, -0.2) is 35.1 Å². The van der Waals surface area contributed by atoms with Gasteiger partial charge >= 0.3 is 5.97 Å². The molecule has 1 aromatic rings. The van der Waals surface area contributed by atoms with Crippen molar-refractivity contribution >= 4 is 16.8 Å². The zero-order valence-electron chi connectivity index (χ0n) is 11.8. The summed E-state index contributed by atoms with van der Waals surface area (Å²) in [6, 6.07) is 3.67. The van der Waals surface area contributed by atoms with Gasteiger partial charge in [0, 0.05) is 28.3 Å². The van der Waals surface area contributed by atoms with Gasteiger partial charge in [0.2, 0.25) is 5.88 Å². The van der Waals surface area contributed by atoms with Crippen LogP contribution in [0.15, 0.2) is 18.3 Å². The van der Waals surface area contributed by atoms with Crippen LogP contribution in [0.5, 0.6) is 5.88 Å². The highest BCUT2D eigenvalue weighted by Crippen LogP contribution is 2.49. The molecule has 0 N–H and O–H groups in total. The van der Waals surface area contributed by atoms with Crippen LogP contribution < -0.4 is 4.74 Å². The minimum Gasteiger partial charge on any atom is -0.481 e. The first kappa shape index (κ1) is 15.0. The summed E-state index contributed by atoms with van der Waals surface area (Å²) in [4.78, 5) is 15.4. The van der Waals surface area contributed by atoms with Gasteiger partial charge in [0.15, 0.2) is 0 Å². The van der Waals surface area contributed by atoms with Crippen LogP contribution in [0.2, 0.25) is 0 Å². The second-order valence-electron chi connectivity index (χ2n) is 5.15. The van der Waals surface area contributed by atoms with Crippen LogP contribution in [-0.2, 0) is 26.1 Å². The Bertz CT molecular complexity index is 514. The lowest BCUT2D eigenvalue weighted by atomic mass is 10.1. The maximum atomic E-state index is 12.3. The molecule has 1 aromatic heterocycles. The van der Waals surface area contributed by atoms with Crippen molar-refractivity contribution in [1.29, 1.82) is 0 Å². The SMILES string of the molecule is COC(=O)CC1(CS(=O)Cc2cccnc2OC)CC1. The average molecular weight is 297 g/mol. The highest BCUT2D eigenvalue weighted by molar-refractivity contribution is 7.84. The zero-order valence-corrected chi connectivity index (χ0v) is 12.6. The van der Waals surface area contributed by atoms with E-state index in [0.717, 1.165) is 18.4 Å². The molecule has 1 fully saturated rings. The Morgan fingerprint density at radius 2 is 2.20 bits per heavy atom. The first-order chi connectivity index (χ1) is 9.58. The smallest absolute Gasteiger partial charge is 0.306 e. The Kier molecular flexibility index (Phi) is 4.75. The lowest BCUT2D eigenvalue weighted by Crippen LogP contribution is -2.18. The number of pyridine rings is 1. The van der Waals surface area contributed by atoms with Crippen molar-refractivity contribution in [3.05, 3.63) is 23.9 Å². The van der Waals surface area contributed by atoms with Gasteiger partial charge in [0.05, 0.1) is 26.4 Å². The van der Waals surface area contributed by atoms with Gasteiger partial charge in [-0.1, -0.05) is 6.07 Å². The molecule has 0 spiro atoms. The number of hydrogen-bond donors (Lipinski definition) is 0. The molecule has 1 aliphatic rings. The van der Waals surface area contributed by atoms with E-state index < -0.39 is 10.8 Å². The second-order valence-corrected chi connectivity index (χ2v) is 6.61. The summed E-state index contributed by atoms with van der Waals surface area (Å²) in [7, 11) is 1.90.